The predicted octanol–water partition coefficient (Wildman–Crippen LogP) is 3.56. The van der Waals surface area contributed by atoms with Crippen molar-refractivity contribution in [1.82, 2.24) is 10.2 Å². The topological polar surface area (TPSA) is 96.0 Å². The molecular formula is C24H32BrN3O5S. The highest BCUT2D eigenvalue weighted by Gasteiger charge is 2.31. The zero-order chi connectivity index (χ0) is 25.3. The second-order valence-electron chi connectivity index (χ2n) is 7.83. The van der Waals surface area contributed by atoms with E-state index in [9.17, 15) is 18.0 Å². The second kappa shape index (κ2) is 12.8. The van der Waals surface area contributed by atoms with Crippen LogP contribution in [0.25, 0.3) is 0 Å². The van der Waals surface area contributed by atoms with Crippen LogP contribution >= 0.6 is 15.9 Å². The van der Waals surface area contributed by atoms with Crippen LogP contribution in [0.15, 0.2) is 53.0 Å². The summed E-state index contributed by atoms with van der Waals surface area (Å²) in [6, 6.07) is 13.1. The molecule has 0 aliphatic rings. The zero-order valence-corrected chi connectivity index (χ0v) is 22.4. The van der Waals surface area contributed by atoms with Crippen LogP contribution in [0.5, 0.6) is 5.75 Å². The number of carbonyl (C=O) groups excluding carboxylic acids is 2. The molecule has 1 atom stereocenters. The molecule has 1 unspecified atom stereocenters. The zero-order valence-electron chi connectivity index (χ0n) is 20.0. The highest BCUT2D eigenvalue weighted by Crippen LogP contribution is 2.22. The lowest BCUT2D eigenvalue weighted by molar-refractivity contribution is -0.140. The third-order valence-electron chi connectivity index (χ3n) is 5.24. The van der Waals surface area contributed by atoms with Crippen molar-refractivity contribution in [1.29, 1.82) is 0 Å². The minimum atomic E-state index is -3.75. The Kier molecular flexibility index (Phi) is 10.4. The normalized spacial score (nSPS) is 12.0. The van der Waals surface area contributed by atoms with Gasteiger partial charge in [0.1, 0.15) is 18.3 Å². The van der Waals surface area contributed by atoms with Crippen LogP contribution in [0.4, 0.5) is 5.69 Å². The van der Waals surface area contributed by atoms with Crippen molar-refractivity contribution in [3.63, 3.8) is 0 Å². The van der Waals surface area contributed by atoms with Gasteiger partial charge in [-0.3, -0.25) is 13.9 Å². The monoisotopic (exact) mass is 553 g/mol. The molecule has 186 valence electrons. The molecule has 0 aromatic heterocycles. The number of anilines is 1. The third-order valence-corrected chi connectivity index (χ3v) is 6.91. The fourth-order valence-electron chi connectivity index (χ4n) is 3.43. The van der Waals surface area contributed by atoms with Crippen LogP contribution in [0, 0.1) is 0 Å². The second-order valence-corrected chi connectivity index (χ2v) is 10.7. The average molecular weight is 555 g/mol. The van der Waals surface area contributed by atoms with Gasteiger partial charge in [0.25, 0.3) is 0 Å². The molecular weight excluding hydrogens is 522 g/mol. The summed E-state index contributed by atoms with van der Waals surface area (Å²) in [5, 5.41) is 2.85. The van der Waals surface area contributed by atoms with Crippen molar-refractivity contribution in [2.75, 3.05) is 30.8 Å². The number of ether oxygens (including phenoxy) is 1. The van der Waals surface area contributed by atoms with Crippen molar-refractivity contribution in [2.24, 2.45) is 0 Å². The van der Waals surface area contributed by atoms with E-state index in [2.05, 4.69) is 21.2 Å². The van der Waals surface area contributed by atoms with Crippen LogP contribution in [-0.2, 0) is 26.2 Å². The summed E-state index contributed by atoms with van der Waals surface area (Å²) in [5.74, 6) is -0.0590. The number of hydrogen-bond acceptors (Lipinski definition) is 5. The molecule has 2 aromatic rings. The van der Waals surface area contributed by atoms with Crippen LogP contribution in [0.2, 0.25) is 0 Å². The fraction of sp³-hybridized carbons (Fsp3) is 0.417. The van der Waals surface area contributed by atoms with Crippen molar-refractivity contribution in [3.05, 3.63) is 58.6 Å². The number of halogens is 1. The van der Waals surface area contributed by atoms with E-state index in [0.717, 1.165) is 27.0 Å². The summed E-state index contributed by atoms with van der Waals surface area (Å²) in [4.78, 5) is 27.9. The molecule has 2 rings (SSSR count). The maximum absolute atomic E-state index is 13.6. The minimum Gasteiger partial charge on any atom is -0.497 e. The predicted molar refractivity (Wildman–Crippen MR) is 137 cm³/mol. The summed E-state index contributed by atoms with van der Waals surface area (Å²) in [6.07, 6.45) is 2.20. The van der Waals surface area contributed by atoms with E-state index in [0.29, 0.717) is 24.4 Å². The van der Waals surface area contributed by atoms with Gasteiger partial charge in [-0.1, -0.05) is 41.9 Å². The van der Waals surface area contributed by atoms with Gasteiger partial charge >= 0.3 is 0 Å². The van der Waals surface area contributed by atoms with Gasteiger partial charge in [-0.2, -0.15) is 0 Å². The number of rotatable bonds is 12. The molecule has 0 radical (unpaired) electrons. The Hall–Kier alpha value is -2.59. The SMILES string of the molecule is CCCNC(=O)C(CC)N(Cc1ccc(OC)cc1)C(=O)CN(c1ccc(Br)cc1)S(C)(=O)=O. The maximum atomic E-state index is 13.6. The lowest BCUT2D eigenvalue weighted by Gasteiger charge is -2.33. The molecule has 10 heteroatoms. The van der Waals surface area contributed by atoms with Crippen molar-refractivity contribution < 1.29 is 22.7 Å². The molecule has 34 heavy (non-hydrogen) atoms. The lowest BCUT2D eigenvalue weighted by Crippen LogP contribution is -2.52. The molecule has 0 aliphatic heterocycles. The van der Waals surface area contributed by atoms with Gasteiger partial charge < -0.3 is 15.0 Å². The summed E-state index contributed by atoms with van der Waals surface area (Å²) < 4.78 is 32.2. The lowest BCUT2D eigenvalue weighted by atomic mass is 10.1. The Bertz CT molecular complexity index is 1060. The van der Waals surface area contributed by atoms with E-state index in [1.54, 1.807) is 43.5 Å². The van der Waals surface area contributed by atoms with E-state index < -0.39 is 28.5 Å². The molecule has 8 nitrogen and oxygen atoms in total. The molecule has 2 amide bonds. The van der Waals surface area contributed by atoms with Crippen molar-refractivity contribution in [2.45, 2.75) is 39.3 Å². The van der Waals surface area contributed by atoms with Gasteiger partial charge in [0.2, 0.25) is 21.8 Å². The standard InChI is InChI=1S/C24H32BrN3O5S/c1-5-15-26-24(30)22(6-2)27(16-18-7-13-21(33-3)14-8-18)23(29)17-28(34(4,31)32)20-11-9-19(25)10-12-20/h7-14,22H,5-6,15-17H2,1-4H3,(H,26,30). The third kappa shape index (κ3) is 7.73. The van der Waals surface area contributed by atoms with Crippen molar-refractivity contribution >= 4 is 43.5 Å². The number of hydrogen-bond donors (Lipinski definition) is 1. The van der Waals surface area contributed by atoms with Gasteiger partial charge in [0, 0.05) is 17.6 Å². The minimum absolute atomic E-state index is 0.152. The summed E-state index contributed by atoms with van der Waals surface area (Å²) in [6.45, 7) is 4.00. The average Bonchev–Trinajstić information content (AvgIpc) is 2.81. The molecule has 1 N–H and O–H groups in total. The molecule has 0 bridgehead atoms. The van der Waals surface area contributed by atoms with E-state index in [1.807, 2.05) is 26.0 Å². The molecule has 0 spiro atoms. The van der Waals surface area contributed by atoms with E-state index >= 15 is 0 Å². The van der Waals surface area contributed by atoms with Crippen LogP contribution in [0.1, 0.15) is 32.3 Å². The Labute approximate surface area is 210 Å². The first-order valence-electron chi connectivity index (χ1n) is 11.0. The maximum Gasteiger partial charge on any atom is 0.244 e. The fourth-order valence-corrected chi connectivity index (χ4v) is 4.55. The Morgan fingerprint density at radius 3 is 2.18 bits per heavy atom. The summed E-state index contributed by atoms with van der Waals surface area (Å²) in [7, 11) is -2.19. The number of sulfonamides is 1. The van der Waals surface area contributed by atoms with Crippen LogP contribution in [0.3, 0.4) is 0 Å². The molecule has 0 aliphatic carbocycles. The highest BCUT2D eigenvalue weighted by molar-refractivity contribution is 9.10. The largest absolute Gasteiger partial charge is 0.497 e. The van der Waals surface area contributed by atoms with Gasteiger partial charge in [-0.15, -0.1) is 0 Å². The molecule has 0 heterocycles. The van der Waals surface area contributed by atoms with Crippen LogP contribution < -0.4 is 14.4 Å². The first-order valence-corrected chi connectivity index (χ1v) is 13.7. The number of nitrogens with zero attached hydrogens (tertiary/aromatic N) is 2. The van der Waals surface area contributed by atoms with E-state index in [-0.39, 0.29) is 12.5 Å². The highest BCUT2D eigenvalue weighted by atomic mass is 79.9. The Morgan fingerprint density at radius 1 is 1.06 bits per heavy atom. The first-order chi connectivity index (χ1) is 16.1. The number of carbonyl (C=O) groups is 2. The Balaban J connectivity index is 2.40. The van der Waals surface area contributed by atoms with Crippen molar-refractivity contribution in [3.8, 4) is 5.75 Å². The molecule has 0 saturated heterocycles. The van der Waals surface area contributed by atoms with Gasteiger partial charge in [0.15, 0.2) is 0 Å². The van der Waals surface area contributed by atoms with E-state index in [4.69, 9.17) is 4.74 Å². The van der Waals surface area contributed by atoms with Crippen LogP contribution in [-0.4, -0.2) is 57.6 Å². The number of nitrogens with one attached hydrogen (secondary N) is 1. The quantitative estimate of drug-likeness (QED) is 0.433. The first kappa shape index (κ1) is 27.7. The van der Waals surface area contributed by atoms with E-state index in [1.165, 1.54) is 4.90 Å². The van der Waals surface area contributed by atoms with Gasteiger partial charge in [-0.05, 0) is 54.8 Å². The molecule has 0 fully saturated rings. The molecule has 0 saturated carbocycles. The Morgan fingerprint density at radius 2 is 1.68 bits per heavy atom. The summed E-state index contributed by atoms with van der Waals surface area (Å²) in [5.41, 5.74) is 1.16. The number of benzene rings is 2. The van der Waals surface area contributed by atoms with Gasteiger partial charge in [-0.25, -0.2) is 8.42 Å². The number of methoxy groups -OCH3 is 1. The smallest absolute Gasteiger partial charge is 0.244 e. The van der Waals surface area contributed by atoms with Gasteiger partial charge in [0.05, 0.1) is 19.1 Å². The molecule has 2 aromatic carbocycles. The summed E-state index contributed by atoms with van der Waals surface area (Å²) >= 11 is 3.33. The number of amides is 2.